The van der Waals surface area contributed by atoms with Gasteiger partial charge in [-0.05, 0) is 25.5 Å². The Morgan fingerprint density at radius 1 is 1.20 bits per heavy atom. The molecule has 0 unspecified atom stereocenters. The van der Waals surface area contributed by atoms with E-state index in [2.05, 4.69) is 15.6 Å². The van der Waals surface area contributed by atoms with Crippen LogP contribution in [0.15, 0.2) is 29.3 Å². The van der Waals surface area contributed by atoms with Crippen LogP contribution in [0.3, 0.4) is 0 Å². The maximum atomic E-state index is 11.5. The van der Waals surface area contributed by atoms with Crippen molar-refractivity contribution in [2.75, 3.05) is 46.1 Å². The van der Waals surface area contributed by atoms with Gasteiger partial charge in [-0.2, -0.15) is 0 Å². The number of aliphatic imine (C=N–C) groups is 1. The van der Waals surface area contributed by atoms with Gasteiger partial charge in [0, 0.05) is 26.7 Å². The molecule has 0 bridgehead atoms. The molecule has 0 aliphatic heterocycles. The first-order valence-electron chi connectivity index (χ1n) is 8.46. The quantitative estimate of drug-likeness (QED) is 0.367. The highest BCUT2D eigenvalue weighted by Crippen LogP contribution is 2.10. The molecule has 0 amide bonds. The van der Waals surface area contributed by atoms with E-state index in [1.54, 1.807) is 7.05 Å². The Kier molecular flexibility index (Phi) is 9.30. The lowest BCUT2D eigenvalue weighted by Gasteiger charge is -2.18. The van der Waals surface area contributed by atoms with Crippen LogP contribution in [-0.4, -0.2) is 64.8 Å². The second-order valence-corrected chi connectivity index (χ2v) is 7.68. The van der Waals surface area contributed by atoms with Crippen molar-refractivity contribution in [1.29, 1.82) is 0 Å². The van der Waals surface area contributed by atoms with E-state index in [9.17, 15) is 8.42 Å². The van der Waals surface area contributed by atoms with Gasteiger partial charge < -0.3 is 15.4 Å². The largest absolute Gasteiger partial charge is 0.492 e. The number of hydrogen-bond donors (Lipinski definition) is 2. The van der Waals surface area contributed by atoms with Crippen molar-refractivity contribution in [2.24, 2.45) is 4.99 Å². The zero-order valence-electron chi connectivity index (χ0n) is 15.6. The molecule has 0 aliphatic rings. The molecule has 25 heavy (non-hydrogen) atoms. The second-order valence-electron chi connectivity index (χ2n) is 5.70. The molecule has 0 aromatic heterocycles. The number of ether oxygens (including phenoxy) is 1. The molecule has 1 rings (SSSR count). The van der Waals surface area contributed by atoms with E-state index in [0.29, 0.717) is 45.2 Å². The first-order valence-corrected chi connectivity index (χ1v) is 10.3. The fraction of sp³-hybridized carbons (Fsp3) is 0.588. The monoisotopic (exact) mass is 370 g/mol. The summed E-state index contributed by atoms with van der Waals surface area (Å²) in [7, 11) is -1.43. The van der Waals surface area contributed by atoms with Crippen molar-refractivity contribution in [3.05, 3.63) is 29.8 Å². The number of benzene rings is 1. The van der Waals surface area contributed by atoms with Gasteiger partial charge in [0.15, 0.2) is 5.96 Å². The number of aryl methyl sites for hydroxylation is 1. The first-order chi connectivity index (χ1) is 11.9. The van der Waals surface area contributed by atoms with Gasteiger partial charge in [-0.3, -0.25) is 4.99 Å². The van der Waals surface area contributed by atoms with Gasteiger partial charge in [0.1, 0.15) is 12.4 Å². The summed E-state index contributed by atoms with van der Waals surface area (Å²) in [4.78, 5) is 4.14. The molecule has 0 aliphatic carbocycles. The van der Waals surface area contributed by atoms with Gasteiger partial charge in [0.25, 0.3) is 0 Å². The van der Waals surface area contributed by atoms with Gasteiger partial charge in [-0.1, -0.05) is 24.6 Å². The van der Waals surface area contributed by atoms with Crippen molar-refractivity contribution >= 4 is 16.0 Å². The molecule has 7 nitrogen and oxygen atoms in total. The van der Waals surface area contributed by atoms with Gasteiger partial charge in [0.2, 0.25) is 10.0 Å². The molecular weight excluding hydrogens is 340 g/mol. The van der Waals surface area contributed by atoms with Crippen molar-refractivity contribution < 1.29 is 13.2 Å². The maximum Gasteiger partial charge on any atom is 0.211 e. The van der Waals surface area contributed by atoms with Gasteiger partial charge in [-0.25, -0.2) is 12.7 Å². The smallest absolute Gasteiger partial charge is 0.211 e. The fourth-order valence-corrected chi connectivity index (χ4v) is 3.14. The minimum Gasteiger partial charge on any atom is -0.492 e. The predicted molar refractivity (Wildman–Crippen MR) is 103 cm³/mol. The Balaban J connectivity index is 2.21. The van der Waals surface area contributed by atoms with Crippen LogP contribution in [0.5, 0.6) is 5.75 Å². The van der Waals surface area contributed by atoms with E-state index in [1.165, 1.54) is 16.1 Å². The number of nitrogens with zero attached hydrogens (tertiary/aromatic N) is 2. The number of hydrogen-bond acceptors (Lipinski definition) is 4. The Bertz CT molecular complexity index is 630. The summed E-state index contributed by atoms with van der Waals surface area (Å²) in [5.41, 5.74) is 1.20. The summed E-state index contributed by atoms with van der Waals surface area (Å²) in [5, 5.41) is 6.33. The zero-order valence-corrected chi connectivity index (χ0v) is 16.4. The lowest BCUT2D eigenvalue weighted by atomic mass is 10.2. The maximum absolute atomic E-state index is 11.5. The minimum atomic E-state index is -3.12. The van der Waals surface area contributed by atoms with Crippen LogP contribution in [0.2, 0.25) is 0 Å². The second kappa shape index (κ2) is 10.9. The molecule has 0 heterocycles. The van der Waals surface area contributed by atoms with Crippen molar-refractivity contribution in [3.63, 3.8) is 0 Å². The molecule has 0 fully saturated rings. The molecule has 1 aromatic rings. The summed E-state index contributed by atoms with van der Waals surface area (Å²) in [6, 6.07) is 7.92. The molecule has 0 saturated heterocycles. The Morgan fingerprint density at radius 3 is 2.40 bits per heavy atom. The SMILES string of the molecule is CCN(CCCNC(=NC)NCCOc1ccc(C)cc1)S(C)(=O)=O. The van der Waals surface area contributed by atoms with Crippen LogP contribution in [0.4, 0.5) is 0 Å². The van der Waals surface area contributed by atoms with Crippen molar-refractivity contribution in [2.45, 2.75) is 20.3 Å². The van der Waals surface area contributed by atoms with E-state index in [4.69, 9.17) is 4.74 Å². The average molecular weight is 371 g/mol. The highest BCUT2D eigenvalue weighted by atomic mass is 32.2. The standard InChI is InChI=1S/C17H30N4O3S/c1-5-21(25(4,22)23)13-6-11-19-17(18-3)20-12-14-24-16-9-7-15(2)8-10-16/h7-10H,5-6,11-14H2,1-4H3,(H2,18,19,20). The van der Waals surface area contributed by atoms with Crippen LogP contribution >= 0.6 is 0 Å². The van der Waals surface area contributed by atoms with Crippen LogP contribution in [0.1, 0.15) is 18.9 Å². The summed E-state index contributed by atoms with van der Waals surface area (Å²) >= 11 is 0. The summed E-state index contributed by atoms with van der Waals surface area (Å²) in [5.74, 6) is 1.52. The van der Waals surface area contributed by atoms with Crippen LogP contribution in [0, 0.1) is 6.92 Å². The highest BCUT2D eigenvalue weighted by Gasteiger charge is 2.13. The molecule has 2 N–H and O–H groups in total. The molecule has 142 valence electrons. The average Bonchev–Trinajstić information content (AvgIpc) is 2.57. The van der Waals surface area contributed by atoms with Crippen LogP contribution in [-0.2, 0) is 10.0 Å². The van der Waals surface area contributed by atoms with Crippen LogP contribution < -0.4 is 15.4 Å². The number of sulfonamides is 1. The fourth-order valence-electron chi connectivity index (χ4n) is 2.21. The lowest BCUT2D eigenvalue weighted by molar-refractivity contribution is 0.322. The van der Waals surface area contributed by atoms with E-state index in [0.717, 1.165) is 5.75 Å². The van der Waals surface area contributed by atoms with Gasteiger partial charge in [-0.15, -0.1) is 0 Å². The Hall–Kier alpha value is -1.80. The normalized spacial score (nSPS) is 12.3. The minimum absolute atomic E-state index is 0.488. The van der Waals surface area contributed by atoms with Gasteiger partial charge in [0.05, 0.1) is 12.8 Å². The van der Waals surface area contributed by atoms with E-state index in [-0.39, 0.29) is 0 Å². The molecule has 8 heteroatoms. The molecule has 0 atom stereocenters. The highest BCUT2D eigenvalue weighted by molar-refractivity contribution is 7.88. The third kappa shape index (κ3) is 8.74. The van der Waals surface area contributed by atoms with Crippen molar-refractivity contribution in [1.82, 2.24) is 14.9 Å². The summed E-state index contributed by atoms with van der Waals surface area (Å²) < 4.78 is 30.1. The summed E-state index contributed by atoms with van der Waals surface area (Å²) in [6.07, 6.45) is 1.94. The number of nitrogens with one attached hydrogen (secondary N) is 2. The van der Waals surface area contributed by atoms with Gasteiger partial charge >= 0.3 is 0 Å². The molecular formula is C17H30N4O3S. The number of guanidine groups is 1. The third-order valence-electron chi connectivity index (χ3n) is 3.61. The van der Waals surface area contributed by atoms with Crippen molar-refractivity contribution in [3.8, 4) is 5.75 Å². The zero-order chi connectivity index (χ0) is 18.7. The topological polar surface area (TPSA) is 83.0 Å². The van der Waals surface area contributed by atoms with E-state index in [1.807, 2.05) is 38.1 Å². The summed E-state index contributed by atoms with van der Waals surface area (Å²) in [6.45, 7) is 6.65. The third-order valence-corrected chi connectivity index (χ3v) is 4.99. The van der Waals surface area contributed by atoms with Crippen LogP contribution in [0.25, 0.3) is 0 Å². The molecule has 0 saturated carbocycles. The molecule has 1 aromatic carbocycles. The molecule has 0 spiro atoms. The Morgan fingerprint density at radius 2 is 1.84 bits per heavy atom. The lowest BCUT2D eigenvalue weighted by Crippen LogP contribution is -2.40. The number of rotatable bonds is 10. The predicted octanol–water partition coefficient (Wildman–Crippen LogP) is 1.21. The molecule has 0 radical (unpaired) electrons. The van der Waals surface area contributed by atoms with E-state index >= 15 is 0 Å². The Labute approximate surface area is 151 Å². The van der Waals surface area contributed by atoms with E-state index < -0.39 is 10.0 Å². The first kappa shape index (κ1) is 21.2.